The largest absolute Gasteiger partial charge is 0.396 e. The summed E-state index contributed by atoms with van der Waals surface area (Å²) in [5, 5.41) is 8.41. The highest BCUT2D eigenvalue weighted by Crippen LogP contribution is 2.20. The Morgan fingerprint density at radius 3 is 2.12 bits per heavy atom. The molecule has 0 spiro atoms. The Hall–Kier alpha value is 0.660. The van der Waals surface area contributed by atoms with Gasteiger partial charge < -0.3 is 5.11 Å². The highest BCUT2D eigenvalue weighted by Gasteiger charge is 1.91. The van der Waals surface area contributed by atoms with E-state index in [1.165, 1.54) is 0 Å². The van der Waals surface area contributed by atoms with Crippen molar-refractivity contribution in [1.82, 2.24) is 0 Å². The first-order chi connectivity index (χ1) is 3.68. The van der Waals surface area contributed by atoms with Gasteiger partial charge in [0.1, 0.15) is 0 Å². The molecule has 48 valence electrons. The SMILES string of the molecule is CC(CCO)=C(Br)Br. The zero-order valence-electron chi connectivity index (χ0n) is 4.62. The van der Waals surface area contributed by atoms with Gasteiger partial charge in [-0.25, -0.2) is 0 Å². The third-order valence-corrected chi connectivity index (χ3v) is 2.16. The molecule has 0 amide bonds. The van der Waals surface area contributed by atoms with Crippen molar-refractivity contribution in [2.75, 3.05) is 6.61 Å². The zero-order valence-corrected chi connectivity index (χ0v) is 7.79. The molecule has 0 saturated carbocycles. The third kappa shape index (κ3) is 3.64. The van der Waals surface area contributed by atoms with Gasteiger partial charge in [0, 0.05) is 6.61 Å². The Kier molecular flexibility index (Phi) is 4.90. The van der Waals surface area contributed by atoms with Gasteiger partial charge in [0.15, 0.2) is 0 Å². The molecule has 0 aliphatic rings. The Morgan fingerprint density at radius 2 is 2.00 bits per heavy atom. The standard InChI is InChI=1S/C5H8Br2O/c1-4(2-3-8)5(6)7/h8H,2-3H2,1H3. The molecule has 0 unspecified atom stereocenters. The van der Waals surface area contributed by atoms with Gasteiger partial charge in [-0.15, -0.1) is 0 Å². The van der Waals surface area contributed by atoms with E-state index in [0.717, 1.165) is 15.4 Å². The normalized spacial score (nSPS) is 9.00. The minimum atomic E-state index is 0.215. The highest BCUT2D eigenvalue weighted by molar-refractivity contribution is 9.28. The summed E-state index contributed by atoms with van der Waals surface area (Å²) in [6.07, 6.45) is 0.728. The van der Waals surface area contributed by atoms with E-state index in [-0.39, 0.29) is 6.61 Å². The molecule has 0 heterocycles. The van der Waals surface area contributed by atoms with Crippen molar-refractivity contribution >= 4 is 31.9 Å². The third-order valence-electron chi connectivity index (χ3n) is 0.809. The smallest absolute Gasteiger partial charge is 0.0594 e. The first-order valence-electron chi connectivity index (χ1n) is 2.30. The lowest BCUT2D eigenvalue weighted by Crippen LogP contribution is -1.82. The lowest BCUT2D eigenvalue weighted by molar-refractivity contribution is 0.299. The summed E-state index contributed by atoms with van der Waals surface area (Å²) in [5.74, 6) is 0. The maximum atomic E-state index is 8.41. The van der Waals surface area contributed by atoms with Gasteiger partial charge >= 0.3 is 0 Å². The predicted molar refractivity (Wildman–Crippen MR) is 42.3 cm³/mol. The van der Waals surface area contributed by atoms with Gasteiger partial charge in [-0.05, 0) is 50.8 Å². The Bertz CT molecular complexity index is 94.6. The van der Waals surface area contributed by atoms with Crippen LogP contribution in [0.5, 0.6) is 0 Å². The van der Waals surface area contributed by atoms with Crippen LogP contribution in [0, 0.1) is 0 Å². The van der Waals surface area contributed by atoms with Crippen LogP contribution in [0.1, 0.15) is 13.3 Å². The summed E-state index contributed by atoms with van der Waals surface area (Å²) in [6.45, 7) is 2.17. The van der Waals surface area contributed by atoms with Crippen LogP contribution in [0.15, 0.2) is 8.96 Å². The van der Waals surface area contributed by atoms with Crippen molar-refractivity contribution in [2.45, 2.75) is 13.3 Å². The molecule has 0 rings (SSSR count). The van der Waals surface area contributed by atoms with Crippen molar-refractivity contribution in [2.24, 2.45) is 0 Å². The number of halogens is 2. The molecule has 1 N–H and O–H groups in total. The molecule has 0 fully saturated rings. The molecule has 0 aliphatic heterocycles. The van der Waals surface area contributed by atoms with Crippen LogP contribution in [0.25, 0.3) is 0 Å². The topological polar surface area (TPSA) is 20.2 Å². The van der Waals surface area contributed by atoms with Crippen LogP contribution < -0.4 is 0 Å². The van der Waals surface area contributed by atoms with Gasteiger partial charge in [-0.2, -0.15) is 0 Å². The zero-order chi connectivity index (χ0) is 6.57. The maximum Gasteiger partial charge on any atom is 0.0594 e. The fourth-order valence-corrected chi connectivity index (χ4v) is 0.659. The molecule has 3 heteroatoms. The molecular formula is C5H8Br2O. The van der Waals surface area contributed by atoms with Crippen molar-refractivity contribution in [1.29, 1.82) is 0 Å². The van der Waals surface area contributed by atoms with Crippen molar-refractivity contribution in [3.63, 3.8) is 0 Å². The summed E-state index contributed by atoms with van der Waals surface area (Å²) in [4.78, 5) is 0. The van der Waals surface area contributed by atoms with Gasteiger partial charge in [0.2, 0.25) is 0 Å². The van der Waals surface area contributed by atoms with Crippen molar-refractivity contribution < 1.29 is 5.11 Å². The molecule has 0 saturated heterocycles. The second-order valence-corrected chi connectivity index (χ2v) is 4.16. The summed E-state index contributed by atoms with van der Waals surface area (Å²) in [6, 6.07) is 0. The molecule has 0 aromatic rings. The van der Waals surface area contributed by atoms with E-state index in [1.54, 1.807) is 0 Å². The number of hydrogen-bond acceptors (Lipinski definition) is 1. The average Bonchev–Trinajstić information content (AvgIpc) is 1.67. The summed E-state index contributed by atoms with van der Waals surface area (Å²) in [5.41, 5.74) is 1.13. The average molecular weight is 244 g/mol. The number of rotatable bonds is 2. The fraction of sp³-hybridized carbons (Fsp3) is 0.600. The second kappa shape index (κ2) is 4.53. The molecular weight excluding hydrogens is 236 g/mol. The molecule has 0 atom stereocenters. The van der Waals surface area contributed by atoms with E-state index in [4.69, 9.17) is 5.11 Å². The Balaban J connectivity index is 3.62. The lowest BCUT2D eigenvalue weighted by atomic mass is 10.3. The molecule has 0 radical (unpaired) electrons. The molecule has 0 aromatic carbocycles. The Morgan fingerprint density at radius 1 is 1.50 bits per heavy atom. The van der Waals surface area contributed by atoms with Gasteiger partial charge in [0.05, 0.1) is 3.39 Å². The highest BCUT2D eigenvalue weighted by atomic mass is 79.9. The number of hydrogen-bond donors (Lipinski definition) is 1. The Labute approximate surface area is 66.0 Å². The van der Waals surface area contributed by atoms with Gasteiger partial charge in [0.25, 0.3) is 0 Å². The van der Waals surface area contributed by atoms with E-state index < -0.39 is 0 Å². The van der Waals surface area contributed by atoms with Crippen molar-refractivity contribution in [3.8, 4) is 0 Å². The summed E-state index contributed by atoms with van der Waals surface area (Å²) < 4.78 is 0.944. The van der Waals surface area contributed by atoms with Crippen LogP contribution in [0.4, 0.5) is 0 Å². The summed E-state index contributed by atoms with van der Waals surface area (Å²) in [7, 11) is 0. The minimum Gasteiger partial charge on any atom is -0.396 e. The van der Waals surface area contributed by atoms with Crippen LogP contribution in [-0.2, 0) is 0 Å². The van der Waals surface area contributed by atoms with Crippen LogP contribution >= 0.6 is 31.9 Å². The van der Waals surface area contributed by atoms with Gasteiger partial charge in [-0.1, -0.05) is 0 Å². The molecule has 1 nitrogen and oxygen atoms in total. The number of aliphatic hydroxyl groups is 1. The summed E-state index contributed by atoms with van der Waals surface area (Å²) >= 11 is 6.45. The van der Waals surface area contributed by atoms with Crippen LogP contribution in [0.3, 0.4) is 0 Å². The van der Waals surface area contributed by atoms with Crippen LogP contribution in [-0.4, -0.2) is 11.7 Å². The van der Waals surface area contributed by atoms with Crippen molar-refractivity contribution in [3.05, 3.63) is 8.96 Å². The van der Waals surface area contributed by atoms with E-state index in [0.29, 0.717) is 0 Å². The first kappa shape index (κ1) is 8.66. The van der Waals surface area contributed by atoms with Crippen LogP contribution in [0.2, 0.25) is 0 Å². The molecule has 0 aromatic heterocycles. The fourth-order valence-electron chi connectivity index (χ4n) is 0.262. The van der Waals surface area contributed by atoms with E-state index in [9.17, 15) is 0 Å². The van der Waals surface area contributed by atoms with E-state index in [1.807, 2.05) is 6.92 Å². The molecule has 0 aliphatic carbocycles. The maximum absolute atomic E-state index is 8.41. The van der Waals surface area contributed by atoms with E-state index in [2.05, 4.69) is 31.9 Å². The second-order valence-electron chi connectivity index (χ2n) is 1.51. The quantitative estimate of drug-likeness (QED) is 0.790. The first-order valence-corrected chi connectivity index (χ1v) is 3.88. The lowest BCUT2D eigenvalue weighted by Gasteiger charge is -1.94. The molecule has 0 bridgehead atoms. The molecule has 8 heavy (non-hydrogen) atoms. The number of aliphatic hydroxyl groups excluding tert-OH is 1. The predicted octanol–water partition coefficient (Wildman–Crippen LogP) is 2.39. The van der Waals surface area contributed by atoms with E-state index >= 15 is 0 Å². The monoisotopic (exact) mass is 242 g/mol. The van der Waals surface area contributed by atoms with Gasteiger partial charge in [-0.3, -0.25) is 0 Å². The minimum absolute atomic E-state index is 0.215.